The third-order valence-electron chi connectivity index (χ3n) is 4.26. The minimum Gasteiger partial charge on any atom is -0.461 e. The number of aryl methyl sites for hydroxylation is 2. The minimum absolute atomic E-state index is 0.0291. The molecule has 4 rings (SSSR count). The quantitative estimate of drug-likeness (QED) is 0.564. The lowest BCUT2D eigenvalue weighted by Crippen LogP contribution is -1.99. The van der Waals surface area contributed by atoms with Crippen molar-refractivity contribution in [2.24, 2.45) is 7.05 Å². The summed E-state index contributed by atoms with van der Waals surface area (Å²) in [6.45, 7) is 3.50. The zero-order chi connectivity index (χ0) is 18.3. The molecule has 26 heavy (non-hydrogen) atoms. The van der Waals surface area contributed by atoms with Crippen LogP contribution in [0.3, 0.4) is 0 Å². The Kier molecular flexibility index (Phi) is 3.76. The molecule has 7 heteroatoms. The molecule has 4 aromatic rings. The Hall–Kier alpha value is -3.48. The number of nitrogens with zero attached hydrogens (tertiary/aromatic N) is 4. The van der Waals surface area contributed by atoms with E-state index in [1.54, 1.807) is 36.1 Å². The van der Waals surface area contributed by atoms with Crippen LogP contribution < -0.4 is 5.32 Å². The van der Waals surface area contributed by atoms with Crippen LogP contribution in [-0.4, -0.2) is 25.5 Å². The summed E-state index contributed by atoms with van der Waals surface area (Å²) < 4.78 is 7.22. The Morgan fingerprint density at radius 2 is 1.88 bits per heavy atom. The van der Waals surface area contributed by atoms with Crippen LogP contribution in [0.2, 0.25) is 0 Å². The third kappa shape index (κ3) is 2.73. The summed E-state index contributed by atoms with van der Waals surface area (Å²) >= 11 is 0. The van der Waals surface area contributed by atoms with Crippen molar-refractivity contribution in [3.8, 4) is 11.6 Å². The minimum atomic E-state index is 0.0291. The van der Waals surface area contributed by atoms with Gasteiger partial charge in [0.25, 0.3) is 0 Å². The van der Waals surface area contributed by atoms with Crippen LogP contribution in [-0.2, 0) is 7.05 Å². The van der Waals surface area contributed by atoms with E-state index in [0.29, 0.717) is 28.5 Å². The maximum Gasteiger partial charge on any atom is 0.198 e. The number of anilines is 2. The number of Topliss-reactive ketones (excluding diaryl/α,β-unsaturated/α-hetero) is 1. The highest BCUT2D eigenvalue weighted by molar-refractivity contribution is 5.95. The normalized spacial score (nSPS) is 11.0. The first-order valence-corrected chi connectivity index (χ1v) is 8.16. The molecule has 0 spiro atoms. The zero-order valence-electron chi connectivity index (χ0n) is 14.6. The van der Waals surface area contributed by atoms with Crippen molar-refractivity contribution in [1.29, 1.82) is 0 Å². The van der Waals surface area contributed by atoms with Gasteiger partial charge in [-0.1, -0.05) is 0 Å². The Morgan fingerprint density at radius 3 is 2.54 bits per heavy atom. The van der Waals surface area contributed by atoms with E-state index in [9.17, 15) is 4.79 Å². The fourth-order valence-electron chi connectivity index (χ4n) is 2.71. The number of carbonyl (C=O) groups is 1. The highest BCUT2D eigenvalue weighted by Crippen LogP contribution is 2.28. The van der Waals surface area contributed by atoms with E-state index in [-0.39, 0.29) is 5.78 Å². The number of aromatic nitrogens is 4. The Morgan fingerprint density at radius 1 is 1.12 bits per heavy atom. The lowest BCUT2D eigenvalue weighted by Gasteiger charge is -2.08. The smallest absolute Gasteiger partial charge is 0.198 e. The lowest BCUT2D eigenvalue weighted by molar-refractivity contribution is 0.101. The van der Waals surface area contributed by atoms with Crippen LogP contribution in [0.1, 0.15) is 23.0 Å². The van der Waals surface area contributed by atoms with Crippen molar-refractivity contribution >= 4 is 28.3 Å². The average molecular weight is 347 g/mol. The molecule has 130 valence electrons. The van der Waals surface area contributed by atoms with Gasteiger partial charge in [-0.15, -0.1) is 0 Å². The van der Waals surface area contributed by atoms with Crippen molar-refractivity contribution < 1.29 is 9.21 Å². The molecule has 7 nitrogen and oxygen atoms in total. The van der Waals surface area contributed by atoms with Crippen LogP contribution in [0, 0.1) is 6.92 Å². The molecular formula is C19H17N5O2. The van der Waals surface area contributed by atoms with Crippen molar-refractivity contribution in [2.75, 3.05) is 5.32 Å². The third-order valence-corrected chi connectivity index (χ3v) is 4.26. The number of benzene rings is 1. The van der Waals surface area contributed by atoms with Gasteiger partial charge in [-0.3, -0.25) is 9.48 Å². The maximum absolute atomic E-state index is 11.4. The van der Waals surface area contributed by atoms with Gasteiger partial charge in [0.1, 0.15) is 5.52 Å². The van der Waals surface area contributed by atoms with Crippen molar-refractivity contribution in [3.05, 3.63) is 53.9 Å². The molecular weight excluding hydrogens is 330 g/mol. The Labute approximate surface area is 149 Å². The first-order chi connectivity index (χ1) is 12.5. The van der Waals surface area contributed by atoms with Gasteiger partial charge in [-0.2, -0.15) is 5.10 Å². The molecule has 0 radical (unpaired) electrons. The summed E-state index contributed by atoms with van der Waals surface area (Å²) in [4.78, 5) is 20.6. The second kappa shape index (κ2) is 6.11. The standard InChI is InChI=1S/C19H17N5O2/c1-11-16-17(23-24(11)3)19(22-18(21-16)15-5-4-10-26-15)20-14-8-6-13(7-9-14)12(2)25/h4-10H,1-3H3,(H,20,21,22). The fourth-order valence-corrected chi connectivity index (χ4v) is 2.71. The summed E-state index contributed by atoms with van der Waals surface area (Å²) in [5.74, 6) is 1.69. The van der Waals surface area contributed by atoms with E-state index < -0.39 is 0 Å². The average Bonchev–Trinajstić information content (AvgIpc) is 3.25. The molecule has 1 aromatic carbocycles. The van der Waals surface area contributed by atoms with Gasteiger partial charge in [0.15, 0.2) is 28.7 Å². The molecule has 0 saturated heterocycles. The first kappa shape index (κ1) is 16.0. The number of ketones is 1. The molecule has 0 saturated carbocycles. The molecule has 0 amide bonds. The van der Waals surface area contributed by atoms with Crippen molar-refractivity contribution in [3.63, 3.8) is 0 Å². The highest BCUT2D eigenvalue weighted by Gasteiger charge is 2.17. The van der Waals surface area contributed by atoms with Gasteiger partial charge in [-0.25, -0.2) is 9.97 Å². The molecule has 0 bridgehead atoms. The number of fused-ring (bicyclic) bond motifs is 1. The summed E-state index contributed by atoms with van der Waals surface area (Å²) in [6, 6.07) is 10.9. The van der Waals surface area contributed by atoms with Gasteiger partial charge < -0.3 is 9.73 Å². The molecule has 0 aliphatic rings. The van der Waals surface area contributed by atoms with E-state index in [2.05, 4.69) is 20.4 Å². The van der Waals surface area contributed by atoms with Crippen molar-refractivity contribution in [2.45, 2.75) is 13.8 Å². The molecule has 0 fully saturated rings. The molecule has 0 aliphatic carbocycles. The Balaban J connectivity index is 1.82. The van der Waals surface area contributed by atoms with E-state index in [4.69, 9.17) is 4.42 Å². The number of hydrogen-bond acceptors (Lipinski definition) is 6. The molecule has 3 aromatic heterocycles. The summed E-state index contributed by atoms with van der Waals surface area (Å²) in [5.41, 5.74) is 3.84. The fraction of sp³-hybridized carbons (Fsp3) is 0.158. The molecule has 0 unspecified atom stereocenters. The van der Waals surface area contributed by atoms with Gasteiger partial charge in [0.2, 0.25) is 0 Å². The molecule has 3 heterocycles. The number of carbonyl (C=O) groups excluding carboxylic acids is 1. The highest BCUT2D eigenvalue weighted by atomic mass is 16.3. The van der Waals surface area contributed by atoms with Crippen LogP contribution in [0.5, 0.6) is 0 Å². The number of nitrogens with one attached hydrogen (secondary N) is 1. The number of rotatable bonds is 4. The van der Waals surface area contributed by atoms with E-state index >= 15 is 0 Å². The van der Waals surface area contributed by atoms with Gasteiger partial charge in [0, 0.05) is 18.3 Å². The summed E-state index contributed by atoms with van der Waals surface area (Å²) in [6.07, 6.45) is 1.59. The van der Waals surface area contributed by atoms with Crippen LogP contribution in [0.15, 0.2) is 47.1 Å². The maximum atomic E-state index is 11.4. The van der Waals surface area contributed by atoms with Crippen LogP contribution >= 0.6 is 0 Å². The first-order valence-electron chi connectivity index (χ1n) is 8.16. The van der Waals surface area contributed by atoms with E-state index in [0.717, 1.165) is 16.9 Å². The molecule has 0 atom stereocenters. The number of furan rings is 1. The summed E-state index contributed by atoms with van der Waals surface area (Å²) in [5, 5.41) is 7.80. The van der Waals surface area contributed by atoms with E-state index in [1.165, 1.54) is 0 Å². The topological polar surface area (TPSA) is 85.8 Å². The van der Waals surface area contributed by atoms with Crippen LogP contribution in [0.4, 0.5) is 11.5 Å². The lowest BCUT2D eigenvalue weighted by atomic mass is 10.1. The predicted octanol–water partition coefficient (Wildman–Crippen LogP) is 3.88. The second-order valence-corrected chi connectivity index (χ2v) is 6.04. The van der Waals surface area contributed by atoms with Gasteiger partial charge in [-0.05, 0) is 50.2 Å². The predicted molar refractivity (Wildman–Crippen MR) is 98.5 cm³/mol. The van der Waals surface area contributed by atoms with E-state index in [1.807, 2.05) is 32.2 Å². The monoisotopic (exact) mass is 347 g/mol. The van der Waals surface area contributed by atoms with Gasteiger partial charge >= 0.3 is 0 Å². The van der Waals surface area contributed by atoms with Crippen molar-refractivity contribution in [1.82, 2.24) is 19.7 Å². The Bertz CT molecular complexity index is 1100. The number of hydrogen-bond donors (Lipinski definition) is 1. The zero-order valence-corrected chi connectivity index (χ0v) is 14.6. The SMILES string of the molecule is CC(=O)c1ccc(Nc2nc(-c3ccco3)nc3c(C)n(C)nc23)cc1. The van der Waals surface area contributed by atoms with Crippen LogP contribution in [0.25, 0.3) is 22.6 Å². The van der Waals surface area contributed by atoms with Gasteiger partial charge in [0.05, 0.1) is 12.0 Å². The molecule has 1 N–H and O–H groups in total. The molecule has 0 aliphatic heterocycles. The second-order valence-electron chi connectivity index (χ2n) is 6.04. The largest absolute Gasteiger partial charge is 0.461 e. The summed E-state index contributed by atoms with van der Waals surface area (Å²) in [7, 11) is 1.87.